The highest BCUT2D eigenvalue weighted by Crippen LogP contribution is 2.23. The summed E-state index contributed by atoms with van der Waals surface area (Å²) >= 11 is 0. The highest BCUT2D eigenvalue weighted by molar-refractivity contribution is 5.69. The Hall–Kier alpha value is -0.530. The summed E-state index contributed by atoms with van der Waals surface area (Å²) in [5.74, 6) is 1.03. The molecule has 0 aromatic heterocycles. The number of ether oxygens (including phenoxy) is 1. The molecule has 0 aromatic carbocycles. The molecule has 0 aliphatic carbocycles. The molecule has 0 radical (unpaired) electrons. The first-order valence-electron chi connectivity index (χ1n) is 22.9. The third kappa shape index (κ3) is 39.9. The van der Waals surface area contributed by atoms with Gasteiger partial charge in [-0.1, -0.05) is 258 Å². The van der Waals surface area contributed by atoms with Gasteiger partial charge >= 0.3 is 5.97 Å². The van der Waals surface area contributed by atoms with E-state index in [2.05, 4.69) is 20.8 Å². The number of unbranched alkanes of at least 4 members (excludes halogenated alkanes) is 32. The van der Waals surface area contributed by atoms with E-state index in [1.54, 1.807) is 0 Å². The number of hydrogen-bond acceptors (Lipinski definition) is 2. The standard InChI is InChI=1S/C46H92O2/c1-4-7-9-11-13-15-17-18-19-23-27-31-35-39-44-48-46(47)43-38-34-30-26-22-20-21-25-29-33-37-42-45(40-6-3)41-36-32-28-24-16-14-12-10-8-5-2/h45H,4-44H2,1-3H3. The minimum absolute atomic E-state index is 0.0320. The molecule has 0 rings (SSSR count). The lowest BCUT2D eigenvalue weighted by atomic mass is 9.90. The van der Waals surface area contributed by atoms with E-state index in [-0.39, 0.29) is 5.97 Å². The summed E-state index contributed by atoms with van der Waals surface area (Å²) in [6, 6.07) is 0. The maximum Gasteiger partial charge on any atom is 0.305 e. The summed E-state index contributed by atoms with van der Waals surface area (Å²) in [4.78, 5) is 12.0. The van der Waals surface area contributed by atoms with Crippen LogP contribution in [-0.4, -0.2) is 12.6 Å². The zero-order valence-corrected chi connectivity index (χ0v) is 33.9. The molecular weight excluding hydrogens is 585 g/mol. The third-order valence-electron chi connectivity index (χ3n) is 10.9. The second kappa shape index (κ2) is 42.6. The van der Waals surface area contributed by atoms with Crippen LogP contribution in [0.5, 0.6) is 0 Å². The van der Waals surface area contributed by atoms with E-state index in [0.717, 1.165) is 18.8 Å². The molecule has 288 valence electrons. The van der Waals surface area contributed by atoms with E-state index in [9.17, 15) is 4.79 Å². The molecule has 0 N–H and O–H groups in total. The van der Waals surface area contributed by atoms with E-state index in [1.807, 2.05) is 0 Å². The monoisotopic (exact) mass is 677 g/mol. The van der Waals surface area contributed by atoms with Gasteiger partial charge < -0.3 is 4.74 Å². The Balaban J connectivity index is 3.35. The average Bonchev–Trinajstić information content (AvgIpc) is 3.09. The molecule has 0 bridgehead atoms. The van der Waals surface area contributed by atoms with Gasteiger partial charge in [0.15, 0.2) is 0 Å². The van der Waals surface area contributed by atoms with Gasteiger partial charge in [-0.2, -0.15) is 0 Å². The van der Waals surface area contributed by atoms with Crippen molar-refractivity contribution in [1.29, 1.82) is 0 Å². The van der Waals surface area contributed by atoms with Crippen LogP contribution in [0, 0.1) is 5.92 Å². The molecule has 2 heteroatoms. The van der Waals surface area contributed by atoms with Crippen LogP contribution >= 0.6 is 0 Å². The molecule has 1 atom stereocenters. The van der Waals surface area contributed by atoms with Gasteiger partial charge in [-0.25, -0.2) is 0 Å². The van der Waals surface area contributed by atoms with Gasteiger partial charge in [0.1, 0.15) is 0 Å². The first-order valence-corrected chi connectivity index (χ1v) is 22.9. The average molecular weight is 677 g/mol. The summed E-state index contributed by atoms with van der Waals surface area (Å²) in [5.41, 5.74) is 0. The fraction of sp³-hybridized carbons (Fsp3) is 0.978. The fourth-order valence-electron chi connectivity index (χ4n) is 7.61. The van der Waals surface area contributed by atoms with Crippen molar-refractivity contribution < 1.29 is 9.53 Å². The van der Waals surface area contributed by atoms with Gasteiger partial charge in [-0.05, 0) is 18.8 Å². The lowest BCUT2D eigenvalue weighted by molar-refractivity contribution is -0.143. The topological polar surface area (TPSA) is 26.3 Å². The molecule has 0 fully saturated rings. The van der Waals surface area contributed by atoms with Crippen LogP contribution in [0.4, 0.5) is 0 Å². The van der Waals surface area contributed by atoms with Gasteiger partial charge in [0.2, 0.25) is 0 Å². The van der Waals surface area contributed by atoms with Crippen molar-refractivity contribution in [3.8, 4) is 0 Å². The summed E-state index contributed by atoms with van der Waals surface area (Å²) in [7, 11) is 0. The number of rotatable bonds is 42. The largest absolute Gasteiger partial charge is 0.466 e. The second-order valence-corrected chi connectivity index (χ2v) is 15.9. The van der Waals surface area contributed by atoms with Gasteiger partial charge in [0.25, 0.3) is 0 Å². The van der Waals surface area contributed by atoms with Crippen molar-refractivity contribution >= 4 is 5.97 Å². The predicted octanol–water partition coefficient (Wildman–Crippen LogP) is 16.8. The smallest absolute Gasteiger partial charge is 0.305 e. The summed E-state index contributed by atoms with van der Waals surface area (Å²) < 4.78 is 5.48. The highest BCUT2D eigenvalue weighted by atomic mass is 16.5. The van der Waals surface area contributed by atoms with Gasteiger partial charge in [-0.3, -0.25) is 4.79 Å². The number of esters is 1. The Bertz CT molecular complexity index is 587. The van der Waals surface area contributed by atoms with Gasteiger partial charge in [0.05, 0.1) is 6.61 Å². The Morgan fingerprint density at radius 1 is 0.333 bits per heavy atom. The Labute approximate surface area is 304 Å². The SMILES string of the molecule is CCCCCCCCCCCCCCCCOC(=O)CCCCCCCCCCCCCC(CCC)CCCCCCCCCCCC. The molecule has 0 spiro atoms. The molecule has 0 saturated carbocycles. The van der Waals surface area contributed by atoms with Crippen molar-refractivity contribution in [1.82, 2.24) is 0 Å². The zero-order chi connectivity index (χ0) is 34.9. The van der Waals surface area contributed by atoms with Crippen molar-refractivity contribution in [2.45, 2.75) is 278 Å². The van der Waals surface area contributed by atoms with Crippen LogP contribution in [0.25, 0.3) is 0 Å². The highest BCUT2D eigenvalue weighted by Gasteiger charge is 2.08. The molecule has 1 unspecified atom stereocenters. The van der Waals surface area contributed by atoms with Crippen molar-refractivity contribution in [3.05, 3.63) is 0 Å². The quantitative estimate of drug-likeness (QED) is 0.0475. The van der Waals surface area contributed by atoms with Crippen LogP contribution in [0.2, 0.25) is 0 Å². The summed E-state index contributed by atoms with van der Waals surface area (Å²) in [5, 5.41) is 0. The molecule has 0 aliphatic rings. The van der Waals surface area contributed by atoms with Crippen molar-refractivity contribution in [2.75, 3.05) is 6.61 Å². The predicted molar refractivity (Wildman–Crippen MR) is 216 cm³/mol. The van der Waals surface area contributed by atoms with Crippen LogP contribution in [-0.2, 0) is 9.53 Å². The molecule has 2 nitrogen and oxygen atoms in total. The maximum absolute atomic E-state index is 12.0. The fourth-order valence-corrected chi connectivity index (χ4v) is 7.61. The molecule has 48 heavy (non-hydrogen) atoms. The second-order valence-electron chi connectivity index (χ2n) is 15.9. The molecule has 0 aromatic rings. The molecule has 0 saturated heterocycles. The number of carbonyl (C=O) groups excluding carboxylic acids is 1. The molecule has 0 amide bonds. The third-order valence-corrected chi connectivity index (χ3v) is 10.9. The first-order chi connectivity index (χ1) is 23.7. The molecule has 0 aliphatic heterocycles. The lowest BCUT2D eigenvalue weighted by Gasteiger charge is -2.16. The van der Waals surface area contributed by atoms with Gasteiger partial charge in [-0.15, -0.1) is 0 Å². The number of carbonyl (C=O) groups is 1. The van der Waals surface area contributed by atoms with Crippen LogP contribution in [0.1, 0.15) is 278 Å². The Kier molecular flexibility index (Phi) is 42.2. The molecular formula is C46H92O2. The van der Waals surface area contributed by atoms with E-state index < -0.39 is 0 Å². The zero-order valence-electron chi connectivity index (χ0n) is 33.9. The first kappa shape index (κ1) is 47.5. The van der Waals surface area contributed by atoms with E-state index >= 15 is 0 Å². The molecule has 0 heterocycles. The van der Waals surface area contributed by atoms with Crippen molar-refractivity contribution in [2.24, 2.45) is 5.92 Å². The van der Waals surface area contributed by atoms with Crippen LogP contribution in [0.3, 0.4) is 0 Å². The van der Waals surface area contributed by atoms with Crippen molar-refractivity contribution in [3.63, 3.8) is 0 Å². The summed E-state index contributed by atoms with van der Waals surface area (Å²) in [6.45, 7) is 7.61. The van der Waals surface area contributed by atoms with Gasteiger partial charge in [0, 0.05) is 6.42 Å². The number of hydrogen-bond donors (Lipinski definition) is 0. The Morgan fingerprint density at radius 3 is 0.958 bits per heavy atom. The maximum atomic E-state index is 12.0. The van der Waals surface area contributed by atoms with Crippen LogP contribution in [0.15, 0.2) is 0 Å². The minimum Gasteiger partial charge on any atom is -0.466 e. The lowest BCUT2D eigenvalue weighted by Crippen LogP contribution is -2.05. The van der Waals surface area contributed by atoms with E-state index in [0.29, 0.717) is 13.0 Å². The van der Waals surface area contributed by atoms with E-state index in [4.69, 9.17) is 4.74 Å². The summed E-state index contributed by atoms with van der Waals surface area (Å²) in [6.07, 6.45) is 54.8. The normalized spacial score (nSPS) is 12.1. The minimum atomic E-state index is 0.0320. The van der Waals surface area contributed by atoms with Crippen LogP contribution < -0.4 is 0 Å². The Morgan fingerprint density at radius 2 is 0.625 bits per heavy atom. The van der Waals surface area contributed by atoms with E-state index in [1.165, 1.54) is 238 Å².